The van der Waals surface area contributed by atoms with Crippen LogP contribution in [0.3, 0.4) is 0 Å². The molecule has 6 rings (SSSR count). The summed E-state index contributed by atoms with van der Waals surface area (Å²) in [6, 6.07) is 14.8. The molecule has 210 valence electrons. The summed E-state index contributed by atoms with van der Waals surface area (Å²) in [6.07, 6.45) is 0.876. The van der Waals surface area contributed by atoms with E-state index in [1.54, 1.807) is 30.3 Å². The number of rotatable bonds is 8. The number of halogens is 2. The van der Waals surface area contributed by atoms with Gasteiger partial charge in [0.1, 0.15) is 5.75 Å². The maximum absolute atomic E-state index is 14.1. The topological polar surface area (TPSA) is 113 Å². The number of ether oxygens (including phenoxy) is 1. The first-order valence-corrected chi connectivity index (χ1v) is 13.7. The van der Waals surface area contributed by atoms with Gasteiger partial charge in [-0.15, -0.1) is 0 Å². The molecule has 0 bridgehead atoms. The monoisotopic (exact) mass is 550 g/mol. The van der Waals surface area contributed by atoms with Crippen LogP contribution < -0.4 is 15.5 Å². The van der Waals surface area contributed by atoms with Gasteiger partial charge in [0.15, 0.2) is 5.82 Å². The van der Waals surface area contributed by atoms with Crippen LogP contribution in [-0.4, -0.2) is 68.0 Å². The number of phenols is 1. The van der Waals surface area contributed by atoms with E-state index in [1.807, 2.05) is 23.1 Å². The second kappa shape index (κ2) is 11.7. The summed E-state index contributed by atoms with van der Waals surface area (Å²) < 4.78 is 35.0. The minimum atomic E-state index is -2.80. The van der Waals surface area contributed by atoms with Crippen molar-refractivity contribution >= 4 is 22.9 Å². The fourth-order valence-electron chi connectivity index (χ4n) is 5.36. The van der Waals surface area contributed by atoms with Crippen molar-refractivity contribution in [1.82, 2.24) is 29.8 Å². The van der Waals surface area contributed by atoms with E-state index in [9.17, 15) is 13.9 Å². The Hall–Kier alpha value is -3.90. The molecule has 0 spiro atoms. The lowest BCUT2D eigenvalue weighted by Crippen LogP contribution is -2.38. The van der Waals surface area contributed by atoms with Gasteiger partial charge in [-0.05, 0) is 43.9 Å². The Bertz CT molecular complexity index is 1450. The maximum atomic E-state index is 14.1. The second-order valence-electron chi connectivity index (χ2n) is 10.2. The molecule has 10 nitrogen and oxygen atoms in total. The van der Waals surface area contributed by atoms with Crippen LogP contribution in [0.15, 0.2) is 48.5 Å². The maximum Gasteiger partial charge on any atom is 0.296 e. The zero-order valence-electron chi connectivity index (χ0n) is 22.0. The lowest BCUT2D eigenvalue weighted by atomic mass is 9.91. The van der Waals surface area contributed by atoms with Crippen LogP contribution in [0.25, 0.3) is 17.0 Å². The van der Waals surface area contributed by atoms with Crippen LogP contribution in [0.1, 0.15) is 43.5 Å². The Labute approximate surface area is 230 Å². The van der Waals surface area contributed by atoms with Gasteiger partial charge in [0.2, 0.25) is 17.8 Å². The van der Waals surface area contributed by atoms with Crippen LogP contribution in [0.4, 0.5) is 20.7 Å². The molecule has 1 saturated heterocycles. The molecule has 1 saturated carbocycles. The van der Waals surface area contributed by atoms with E-state index < -0.39 is 12.2 Å². The number of alkyl halides is 2. The quantitative estimate of drug-likeness (QED) is 0.297. The van der Waals surface area contributed by atoms with Gasteiger partial charge in [-0.2, -0.15) is 15.0 Å². The molecule has 0 atom stereocenters. The van der Waals surface area contributed by atoms with Gasteiger partial charge in [-0.3, -0.25) is 4.57 Å². The number of nitrogens with zero attached hydrogens (tertiary/aromatic N) is 6. The molecule has 2 aromatic carbocycles. The largest absolute Gasteiger partial charge is 0.508 e. The molecule has 40 heavy (non-hydrogen) atoms. The lowest BCUT2D eigenvalue weighted by molar-refractivity contribution is 0.122. The van der Waals surface area contributed by atoms with Gasteiger partial charge in [-0.25, -0.2) is 13.8 Å². The van der Waals surface area contributed by atoms with Gasteiger partial charge < -0.3 is 25.4 Å². The Morgan fingerprint density at radius 2 is 1.57 bits per heavy atom. The number of anilines is 2. The first-order valence-electron chi connectivity index (χ1n) is 13.7. The molecule has 2 aromatic heterocycles. The summed E-state index contributed by atoms with van der Waals surface area (Å²) in [5.74, 6) is 0.790. The van der Waals surface area contributed by atoms with E-state index in [0.29, 0.717) is 67.6 Å². The minimum Gasteiger partial charge on any atom is -0.508 e. The number of phenolic OH excluding ortho intramolecular Hbond substituents is 1. The standard InChI is InChI=1S/C28H32F2N8O2/c29-24(30)25-33-21-6-2-3-7-22(21)38(25)28-35-26(34-27(36-28)37-13-15-40-16-14-37)32-20-11-9-19(10-12-20)31-17-18-5-1-4-8-23(18)39/h1-8,19-20,24,31,39H,9-17H2,(H,32,34,35,36). The highest BCUT2D eigenvalue weighted by Gasteiger charge is 2.26. The predicted octanol–water partition coefficient (Wildman–Crippen LogP) is 4.20. The number of fused-ring (bicyclic) bond motifs is 1. The van der Waals surface area contributed by atoms with Crippen molar-refractivity contribution < 1.29 is 18.6 Å². The molecule has 1 aliphatic heterocycles. The van der Waals surface area contributed by atoms with E-state index in [2.05, 4.69) is 25.6 Å². The predicted molar refractivity (Wildman–Crippen MR) is 147 cm³/mol. The SMILES string of the molecule is Oc1ccccc1CNC1CCC(Nc2nc(N3CCOCC3)nc(-n3c(C(F)F)nc4ccccc43)n2)CC1. The second-order valence-corrected chi connectivity index (χ2v) is 10.2. The number of para-hydroxylation sites is 3. The highest BCUT2D eigenvalue weighted by atomic mass is 19.3. The third-order valence-corrected chi connectivity index (χ3v) is 7.52. The van der Waals surface area contributed by atoms with Crippen molar-refractivity contribution in [2.75, 3.05) is 36.5 Å². The van der Waals surface area contributed by atoms with Gasteiger partial charge in [-0.1, -0.05) is 30.3 Å². The molecule has 0 amide bonds. The average Bonchev–Trinajstić information content (AvgIpc) is 3.38. The first-order chi connectivity index (χ1) is 19.5. The van der Waals surface area contributed by atoms with E-state index in [1.165, 1.54) is 4.57 Å². The van der Waals surface area contributed by atoms with Crippen molar-refractivity contribution in [3.8, 4) is 11.7 Å². The molecule has 12 heteroatoms. The Morgan fingerprint density at radius 1 is 0.875 bits per heavy atom. The Balaban J connectivity index is 1.22. The molecule has 2 aliphatic rings. The molecular formula is C28H32F2N8O2. The van der Waals surface area contributed by atoms with E-state index >= 15 is 0 Å². The summed E-state index contributed by atoms with van der Waals surface area (Å²) in [6.45, 7) is 2.89. The lowest BCUT2D eigenvalue weighted by Gasteiger charge is -2.30. The third kappa shape index (κ3) is 5.68. The molecule has 4 aromatic rings. The number of hydrogen-bond donors (Lipinski definition) is 3. The van der Waals surface area contributed by atoms with Crippen molar-refractivity contribution in [2.24, 2.45) is 0 Å². The number of nitrogens with one attached hydrogen (secondary N) is 2. The van der Waals surface area contributed by atoms with Crippen molar-refractivity contribution in [2.45, 2.75) is 50.7 Å². The molecule has 2 fully saturated rings. The van der Waals surface area contributed by atoms with Crippen LogP contribution in [0.2, 0.25) is 0 Å². The molecule has 3 heterocycles. The summed E-state index contributed by atoms with van der Waals surface area (Å²) in [5, 5.41) is 17.0. The summed E-state index contributed by atoms with van der Waals surface area (Å²) in [4.78, 5) is 20.1. The van der Waals surface area contributed by atoms with Crippen molar-refractivity contribution in [1.29, 1.82) is 0 Å². The van der Waals surface area contributed by atoms with Crippen molar-refractivity contribution in [3.05, 3.63) is 59.9 Å². The highest BCUT2D eigenvalue weighted by molar-refractivity contribution is 5.77. The molecule has 3 N–H and O–H groups in total. The molecular weight excluding hydrogens is 518 g/mol. The van der Waals surface area contributed by atoms with Gasteiger partial charge in [0.25, 0.3) is 6.43 Å². The Kier molecular flexibility index (Phi) is 7.69. The van der Waals surface area contributed by atoms with Crippen LogP contribution in [-0.2, 0) is 11.3 Å². The molecule has 0 unspecified atom stereocenters. The molecule has 0 radical (unpaired) electrons. The van der Waals surface area contributed by atoms with Gasteiger partial charge >= 0.3 is 0 Å². The zero-order valence-corrected chi connectivity index (χ0v) is 22.0. The highest BCUT2D eigenvalue weighted by Crippen LogP contribution is 2.29. The summed E-state index contributed by atoms with van der Waals surface area (Å²) >= 11 is 0. The van der Waals surface area contributed by atoms with Gasteiger partial charge in [0, 0.05) is 37.3 Å². The van der Waals surface area contributed by atoms with E-state index in [0.717, 1.165) is 31.2 Å². The normalized spacial score (nSPS) is 19.8. The number of aromatic nitrogens is 5. The fourth-order valence-corrected chi connectivity index (χ4v) is 5.36. The van der Waals surface area contributed by atoms with Crippen LogP contribution in [0, 0.1) is 0 Å². The fraction of sp³-hybridized carbons (Fsp3) is 0.429. The minimum absolute atomic E-state index is 0.112. The van der Waals surface area contributed by atoms with Crippen molar-refractivity contribution in [3.63, 3.8) is 0 Å². The van der Waals surface area contributed by atoms with Crippen LogP contribution in [0.5, 0.6) is 5.75 Å². The average molecular weight is 551 g/mol. The van der Waals surface area contributed by atoms with E-state index in [-0.39, 0.29) is 12.0 Å². The van der Waals surface area contributed by atoms with Crippen LogP contribution >= 0.6 is 0 Å². The Morgan fingerprint density at radius 3 is 2.35 bits per heavy atom. The number of benzene rings is 2. The number of hydrogen-bond acceptors (Lipinski definition) is 9. The first kappa shape index (κ1) is 26.3. The smallest absolute Gasteiger partial charge is 0.296 e. The third-order valence-electron chi connectivity index (χ3n) is 7.52. The number of aromatic hydroxyl groups is 1. The number of imidazole rings is 1. The van der Waals surface area contributed by atoms with Gasteiger partial charge in [0.05, 0.1) is 24.2 Å². The number of morpholine rings is 1. The summed E-state index contributed by atoms with van der Waals surface area (Å²) in [7, 11) is 0. The zero-order chi connectivity index (χ0) is 27.5. The summed E-state index contributed by atoms with van der Waals surface area (Å²) in [5.41, 5.74) is 1.85. The van der Waals surface area contributed by atoms with E-state index in [4.69, 9.17) is 9.72 Å². The molecule has 1 aliphatic carbocycles.